The highest BCUT2D eigenvalue weighted by Gasteiger charge is 2.28. The second-order valence-electron chi connectivity index (χ2n) is 8.26. The molecule has 3 heterocycles. The van der Waals surface area contributed by atoms with Gasteiger partial charge in [-0.05, 0) is 79.8 Å². The summed E-state index contributed by atoms with van der Waals surface area (Å²) in [6.45, 7) is 6.13. The average molecular weight is 495 g/mol. The summed E-state index contributed by atoms with van der Waals surface area (Å²) in [4.78, 5) is 9.67. The van der Waals surface area contributed by atoms with Crippen LogP contribution in [0.2, 0.25) is 0 Å². The zero-order chi connectivity index (χ0) is 21.1. The summed E-state index contributed by atoms with van der Waals surface area (Å²) in [5, 5.41) is 0. The summed E-state index contributed by atoms with van der Waals surface area (Å²) in [5.41, 5.74) is 1.54. The third-order valence-electron chi connectivity index (χ3n) is 6.08. The Morgan fingerprint density at radius 1 is 1.07 bits per heavy atom. The van der Waals surface area contributed by atoms with Crippen molar-refractivity contribution in [2.45, 2.75) is 50.0 Å². The molecule has 6 nitrogen and oxygen atoms in total. The molecule has 0 aliphatic carbocycles. The number of piperidine rings is 2. The Morgan fingerprint density at radius 2 is 1.73 bits per heavy atom. The maximum absolute atomic E-state index is 12.9. The maximum atomic E-state index is 12.9. The molecule has 2 aliphatic rings. The molecule has 1 N–H and O–H groups in total. The highest BCUT2D eigenvalue weighted by atomic mass is 79.9. The molecular formula is C22H31BrN4O2S. The molecule has 164 valence electrons. The van der Waals surface area contributed by atoms with Gasteiger partial charge in [0.1, 0.15) is 0 Å². The number of halogens is 1. The molecule has 4 rings (SSSR count). The van der Waals surface area contributed by atoms with Crippen LogP contribution in [0, 0.1) is 6.92 Å². The van der Waals surface area contributed by atoms with Crippen LogP contribution in [0.5, 0.6) is 0 Å². The van der Waals surface area contributed by atoms with E-state index in [2.05, 4.69) is 35.4 Å². The highest BCUT2D eigenvalue weighted by molar-refractivity contribution is 9.10. The quantitative estimate of drug-likeness (QED) is 0.654. The number of anilines is 2. The molecule has 0 amide bonds. The van der Waals surface area contributed by atoms with E-state index in [1.54, 1.807) is 36.5 Å². The molecule has 2 aliphatic heterocycles. The molecule has 1 aromatic heterocycles. The van der Waals surface area contributed by atoms with Crippen molar-refractivity contribution < 1.29 is 9.84 Å². The fraction of sp³-hybridized carbons (Fsp3) is 0.500. The summed E-state index contributed by atoms with van der Waals surface area (Å²) in [5.74, 6) is 0.700. The Hall–Kier alpha value is -1.64. The van der Waals surface area contributed by atoms with Crippen molar-refractivity contribution in [1.29, 1.82) is 0 Å². The van der Waals surface area contributed by atoms with Gasteiger partial charge in [-0.25, -0.2) is 13.4 Å². The highest BCUT2D eigenvalue weighted by Crippen LogP contribution is 2.32. The van der Waals surface area contributed by atoms with E-state index in [4.69, 9.17) is 0 Å². The van der Waals surface area contributed by atoms with Crippen molar-refractivity contribution in [3.8, 4) is 0 Å². The standard InChI is InChI=1S/C22H29BrN4O2S.H2/c1-17-5-7-20(8-6-17)30(28,29)25-21-15-18(23)16-24-22(21)27-13-9-19(10-14-27)26-11-3-2-4-12-26;/h5-8,15-16,19,25H,2-4,9-14H2,1H3;1H. The summed E-state index contributed by atoms with van der Waals surface area (Å²) in [6, 6.07) is 9.30. The molecule has 2 fully saturated rings. The Balaban J connectivity index is 0.00000272. The first-order chi connectivity index (χ1) is 14.4. The van der Waals surface area contributed by atoms with Crippen molar-refractivity contribution in [3.05, 3.63) is 46.6 Å². The fourth-order valence-electron chi connectivity index (χ4n) is 4.41. The van der Waals surface area contributed by atoms with Gasteiger partial charge in [-0.2, -0.15) is 0 Å². The number of aryl methyl sites for hydroxylation is 1. The van der Waals surface area contributed by atoms with E-state index in [1.807, 2.05) is 6.92 Å². The van der Waals surface area contributed by atoms with Crippen molar-refractivity contribution in [3.63, 3.8) is 0 Å². The molecule has 30 heavy (non-hydrogen) atoms. The smallest absolute Gasteiger partial charge is 0.262 e. The van der Waals surface area contributed by atoms with Crippen molar-refractivity contribution in [2.24, 2.45) is 0 Å². The van der Waals surface area contributed by atoms with Crippen LogP contribution in [0.3, 0.4) is 0 Å². The number of likely N-dealkylation sites (tertiary alicyclic amines) is 1. The van der Waals surface area contributed by atoms with Crippen LogP contribution < -0.4 is 9.62 Å². The molecule has 2 saturated heterocycles. The molecule has 0 spiro atoms. The summed E-state index contributed by atoms with van der Waals surface area (Å²) in [6.07, 6.45) is 7.86. The molecule has 2 aromatic rings. The van der Waals surface area contributed by atoms with Crippen molar-refractivity contribution >= 4 is 37.5 Å². The zero-order valence-corrected chi connectivity index (χ0v) is 19.8. The summed E-state index contributed by atoms with van der Waals surface area (Å²) in [7, 11) is -3.68. The lowest BCUT2D eigenvalue weighted by atomic mass is 10.00. The van der Waals surface area contributed by atoms with Gasteiger partial charge >= 0.3 is 0 Å². The molecule has 0 atom stereocenters. The number of rotatable bonds is 5. The van der Waals surface area contributed by atoms with Gasteiger partial charge in [0.25, 0.3) is 10.0 Å². The van der Waals surface area contributed by atoms with Crippen LogP contribution >= 0.6 is 15.9 Å². The number of benzene rings is 1. The average Bonchev–Trinajstić information content (AvgIpc) is 2.75. The number of hydrogen-bond donors (Lipinski definition) is 1. The molecule has 0 saturated carbocycles. The van der Waals surface area contributed by atoms with Gasteiger partial charge in [0.15, 0.2) is 5.82 Å². The second-order valence-corrected chi connectivity index (χ2v) is 10.9. The van der Waals surface area contributed by atoms with E-state index in [1.165, 1.54) is 32.4 Å². The lowest BCUT2D eigenvalue weighted by Gasteiger charge is -2.40. The van der Waals surface area contributed by atoms with E-state index in [-0.39, 0.29) is 6.32 Å². The van der Waals surface area contributed by atoms with Gasteiger partial charge in [0, 0.05) is 31.2 Å². The van der Waals surface area contributed by atoms with Crippen LogP contribution in [-0.2, 0) is 10.0 Å². The van der Waals surface area contributed by atoms with Crippen LogP contribution in [0.25, 0.3) is 0 Å². The van der Waals surface area contributed by atoms with Gasteiger partial charge in [0.2, 0.25) is 0 Å². The minimum Gasteiger partial charge on any atom is -0.355 e. The van der Waals surface area contributed by atoms with Gasteiger partial charge in [-0.3, -0.25) is 4.72 Å². The Labute approximate surface area is 189 Å². The number of hydrogen-bond acceptors (Lipinski definition) is 5. The number of aromatic nitrogens is 1. The zero-order valence-electron chi connectivity index (χ0n) is 17.3. The van der Waals surface area contributed by atoms with Crippen LogP contribution in [0.1, 0.15) is 39.1 Å². The Kier molecular flexibility index (Phi) is 6.65. The first-order valence-corrected chi connectivity index (χ1v) is 12.9. The predicted molar refractivity (Wildman–Crippen MR) is 127 cm³/mol. The Bertz CT molecular complexity index is 974. The van der Waals surface area contributed by atoms with E-state index < -0.39 is 10.0 Å². The number of sulfonamides is 1. The van der Waals surface area contributed by atoms with Crippen molar-refractivity contribution in [1.82, 2.24) is 9.88 Å². The molecule has 0 radical (unpaired) electrons. The third-order valence-corrected chi connectivity index (χ3v) is 7.90. The topological polar surface area (TPSA) is 65.5 Å². The third kappa shape index (κ3) is 4.98. The largest absolute Gasteiger partial charge is 0.355 e. The molecule has 0 bridgehead atoms. The predicted octanol–water partition coefficient (Wildman–Crippen LogP) is 4.65. The monoisotopic (exact) mass is 494 g/mol. The van der Waals surface area contributed by atoms with Gasteiger partial charge in [-0.15, -0.1) is 0 Å². The lowest BCUT2D eigenvalue weighted by Crippen LogP contribution is -2.47. The number of pyridine rings is 1. The van der Waals surface area contributed by atoms with Crippen LogP contribution in [0.4, 0.5) is 11.5 Å². The van der Waals surface area contributed by atoms with Crippen molar-refractivity contribution in [2.75, 3.05) is 35.8 Å². The minimum absolute atomic E-state index is 0. The molecule has 8 heteroatoms. The SMILES string of the molecule is Cc1ccc(S(=O)(=O)Nc2cc(Br)cnc2N2CCC(N3CCCCC3)CC2)cc1.[HH]. The van der Waals surface area contributed by atoms with E-state index >= 15 is 0 Å². The summed E-state index contributed by atoms with van der Waals surface area (Å²) >= 11 is 3.43. The Morgan fingerprint density at radius 3 is 2.40 bits per heavy atom. The van der Waals surface area contributed by atoms with E-state index in [9.17, 15) is 8.42 Å². The normalized spacial score (nSPS) is 19.1. The first kappa shape index (κ1) is 21.6. The van der Waals surface area contributed by atoms with Crippen LogP contribution in [0.15, 0.2) is 45.9 Å². The van der Waals surface area contributed by atoms with Gasteiger partial charge in [0.05, 0.1) is 10.6 Å². The number of nitrogens with zero attached hydrogens (tertiary/aromatic N) is 3. The van der Waals surface area contributed by atoms with E-state index in [0.717, 1.165) is 36.0 Å². The summed E-state index contributed by atoms with van der Waals surface area (Å²) < 4.78 is 29.4. The molecule has 1 aromatic carbocycles. The molecule has 0 unspecified atom stereocenters. The first-order valence-electron chi connectivity index (χ1n) is 10.7. The number of nitrogens with one attached hydrogen (secondary N) is 1. The fourth-order valence-corrected chi connectivity index (χ4v) is 5.79. The maximum Gasteiger partial charge on any atom is 0.262 e. The van der Waals surface area contributed by atoms with E-state index in [0.29, 0.717) is 17.5 Å². The van der Waals surface area contributed by atoms with Crippen LogP contribution in [-0.4, -0.2) is 50.5 Å². The lowest BCUT2D eigenvalue weighted by molar-refractivity contribution is 0.141. The van der Waals surface area contributed by atoms with Gasteiger partial charge < -0.3 is 9.80 Å². The molecular weight excluding hydrogens is 464 g/mol. The van der Waals surface area contributed by atoms with Gasteiger partial charge in [-0.1, -0.05) is 24.1 Å². The second kappa shape index (κ2) is 9.24. The minimum atomic E-state index is -3.68.